The number of nitriles is 1. The Morgan fingerprint density at radius 1 is 1.50 bits per heavy atom. The number of benzene rings is 1. The first-order chi connectivity index (χ1) is 8.58. The van der Waals surface area contributed by atoms with Crippen molar-refractivity contribution in [2.24, 2.45) is 5.73 Å². The zero-order valence-corrected chi connectivity index (χ0v) is 10.9. The number of anilines is 1. The molecule has 4 heteroatoms. The van der Waals surface area contributed by atoms with Gasteiger partial charge in [0.15, 0.2) is 0 Å². The van der Waals surface area contributed by atoms with Crippen LogP contribution in [-0.4, -0.2) is 25.7 Å². The fourth-order valence-corrected chi connectivity index (χ4v) is 2.43. The zero-order chi connectivity index (χ0) is 13.2. The van der Waals surface area contributed by atoms with Crippen LogP contribution in [0.3, 0.4) is 0 Å². The Morgan fingerprint density at radius 2 is 2.28 bits per heavy atom. The number of hydrogen-bond donors (Lipinski definition) is 1. The smallest absolute Gasteiger partial charge is 0.142 e. The van der Waals surface area contributed by atoms with Crippen molar-refractivity contribution in [2.75, 3.05) is 25.1 Å². The van der Waals surface area contributed by atoms with E-state index >= 15 is 0 Å². The standard InChI is InChI=1S/C14H19N3O/c1-11-4-5-13(18-2)12(8-11)17-7-3-6-14(16,9-15)10-17/h4-5,8H,3,6-7,10,16H2,1-2H3. The summed E-state index contributed by atoms with van der Waals surface area (Å²) in [5, 5.41) is 9.16. The van der Waals surface area contributed by atoms with E-state index in [1.807, 2.05) is 19.1 Å². The summed E-state index contributed by atoms with van der Waals surface area (Å²) >= 11 is 0. The summed E-state index contributed by atoms with van der Waals surface area (Å²) in [6.45, 7) is 3.52. The Bertz CT molecular complexity index is 480. The maximum absolute atomic E-state index is 9.16. The second-order valence-electron chi connectivity index (χ2n) is 4.97. The van der Waals surface area contributed by atoms with Gasteiger partial charge >= 0.3 is 0 Å². The predicted octanol–water partition coefficient (Wildman–Crippen LogP) is 1.82. The van der Waals surface area contributed by atoms with Gasteiger partial charge in [0.1, 0.15) is 11.3 Å². The molecule has 18 heavy (non-hydrogen) atoms. The Kier molecular flexibility index (Phi) is 3.44. The first-order valence-corrected chi connectivity index (χ1v) is 6.18. The van der Waals surface area contributed by atoms with Crippen LogP contribution < -0.4 is 15.4 Å². The molecular formula is C14H19N3O. The van der Waals surface area contributed by atoms with E-state index in [0.717, 1.165) is 30.8 Å². The van der Waals surface area contributed by atoms with Crippen LogP contribution in [0.4, 0.5) is 5.69 Å². The van der Waals surface area contributed by atoms with Crippen LogP contribution in [0.5, 0.6) is 5.75 Å². The van der Waals surface area contributed by atoms with Gasteiger partial charge in [-0.05, 0) is 37.5 Å². The van der Waals surface area contributed by atoms with Gasteiger partial charge in [-0.1, -0.05) is 6.07 Å². The van der Waals surface area contributed by atoms with Crippen LogP contribution in [0.2, 0.25) is 0 Å². The second kappa shape index (κ2) is 4.87. The lowest BCUT2D eigenvalue weighted by atomic mass is 9.91. The minimum absolute atomic E-state index is 0.559. The van der Waals surface area contributed by atoms with Gasteiger partial charge in [0, 0.05) is 13.1 Å². The summed E-state index contributed by atoms with van der Waals surface area (Å²) in [6.07, 6.45) is 1.69. The van der Waals surface area contributed by atoms with Crippen molar-refractivity contribution in [1.82, 2.24) is 0 Å². The molecular weight excluding hydrogens is 226 g/mol. The fraction of sp³-hybridized carbons (Fsp3) is 0.500. The first-order valence-electron chi connectivity index (χ1n) is 6.18. The zero-order valence-electron chi connectivity index (χ0n) is 10.9. The van der Waals surface area contributed by atoms with Crippen molar-refractivity contribution < 1.29 is 4.74 Å². The maximum Gasteiger partial charge on any atom is 0.142 e. The molecule has 1 unspecified atom stereocenters. The van der Waals surface area contributed by atoms with Crippen LogP contribution in [0.25, 0.3) is 0 Å². The molecule has 1 aromatic rings. The highest BCUT2D eigenvalue weighted by Crippen LogP contribution is 2.32. The molecule has 0 aromatic heterocycles. The minimum Gasteiger partial charge on any atom is -0.495 e. The number of hydrogen-bond acceptors (Lipinski definition) is 4. The third-order valence-electron chi connectivity index (χ3n) is 3.42. The number of piperidine rings is 1. The third kappa shape index (κ3) is 2.41. The topological polar surface area (TPSA) is 62.3 Å². The molecule has 1 saturated heterocycles. The van der Waals surface area contributed by atoms with Crippen molar-refractivity contribution >= 4 is 5.69 Å². The molecule has 0 bridgehead atoms. The number of nitrogens with two attached hydrogens (primary N) is 1. The van der Waals surface area contributed by atoms with Gasteiger partial charge in [-0.2, -0.15) is 5.26 Å². The highest BCUT2D eigenvalue weighted by Gasteiger charge is 2.32. The summed E-state index contributed by atoms with van der Waals surface area (Å²) in [5.41, 5.74) is 7.54. The van der Waals surface area contributed by atoms with Crippen LogP contribution in [0, 0.1) is 18.3 Å². The molecule has 1 aromatic carbocycles. The molecule has 0 radical (unpaired) electrons. The predicted molar refractivity (Wildman–Crippen MR) is 71.7 cm³/mol. The Hall–Kier alpha value is -1.73. The molecule has 1 heterocycles. The molecule has 0 aliphatic carbocycles. The molecule has 1 fully saturated rings. The van der Waals surface area contributed by atoms with Crippen molar-refractivity contribution in [3.8, 4) is 11.8 Å². The average Bonchev–Trinajstić information content (AvgIpc) is 2.39. The van der Waals surface area contributed by atoms with Crippen LogP contribution >= 0.6 is 0 Å². The van der Waals surface area contributed by atoms with E-state index in [1.54, 1.807) is 7.11 Å². The maximum atomic E-state index is 9.16. The van der Waals surface area contributed by atoms with Gasteiger partial charge in [-0.15, -0.1) is 0 Å². The highest BCUT2D eigenvalue weighted by atomic mass is 16.5. The van der Waals surface area contributed by atoms with E-state index in [0.29, 0.717) is 6.54 Å². The van der Waals surface area contributed by atoms with E-state index in [4.69, 9.17) is 15.7 Å². The van der Waals surface area contributed by atoms with E-state index in [9.17, 15) is 0 Å². The van der Waals surface area contributed by atoms with Crippen molar-refractivity contribution in [3.63, 3.8) is 0 Å². The SMILES string of the molecule is COc1ccc(C)cc1N1CCCC(N)(C#N)C1. The van der Waals surface area contributed by atoms with Crippen molar-refractivity contribution in [3.05, 3.63) is 23.8 Å². The van der Waals surface area contributed by atoms with E-state index in [-0.39, 0.29) is 0 Å². The number of rotatable bonds is 2. The van der Waals surface area contributed by atoms with Crippen molar-refractivity contribution in [1.29, 1.82) is 5.26 Å². The monoisotopic (exact) mass is 245 g/mol. The molecule has 1 atom stereocenters. The number of aryl methyl sites for hydroxylation is 1. The van der Waals surface area contributed by atoms with Gasteiger partial charge in [0.2, 0.25) is 0 Å². The fourth-order valence-electron chi connectivity index (χ4n) is 2.43. The molecule has 1 aliphatic heterocycles. The molecule has 1 aliphatic rings. The lowest BCUT2D eigenvalue weighted by molar-refractivity contribution is 0.399. The van der Waals surface area contributed by atoms with Gasteiger partial charge < -0.3 is 15.4 Å². The number of nitrogens with zero attached hydrogens (tertiary/aromatic N) is 2. The lowest BCUT2D eigenvalue weighted by Gasteiger charge is -2.37. The molecule has 0 saturated carbocycles. The Morgan fingerprint density at radius 3 is 2.94 bits per heavy atom. The third-order valence-corrected chi connectivity index (χ3v) is 3.42. The Balaban J connectivity index is 2.31. The van der Waals surface area contributed by atoms with Gasteiger partial charge in [-0.25, -0.2) is 0 Å². The van der Waals surface area contributed by atoms with E-state index < -0.39 is 5.54 Å². The van der Waals surface area contributed by atoms with Crippen LogP contribution in [0.15, 0.2) is 18.2 Å². The van der Waals surface area contributed by atoms with Crippen LogP contribution in [0.1, 0.15) is 18.4 Å². The molecule has 0 amide bonds. The summed E-state index contributed by atoms with van der Waals surface area (Å²) < 4.78 is 5.39. The summed E-state index contributed by atoms with van der Waals surface area (Å²) in [5.74, 6) is 0.836. The summed E-state index contributed by atoms with van der Waals surface area (Å²) in [6, 6.07) is 8.29. The first kappa shape index (κ1) is 12.7. The molecule has 96 valence electrons. The number of ether oxygens (including phenoxy) is 1. The number of methoxy groups -OCH3 is 1. The highest BCUT2D eigenvalue weighted by molar-refractivity contribution is 5.61. The molecule has 4 nitrogen and oxygen atoms in total. The van der Waals surface area contributed by atoms with Crippen molar-refractivity contribution in [2.45, 2.75) is 25.3 Å². The Labute approximate surface area is 108 Å². The second-order valence-corrected chi connectivity index (χ2v) is 4.97. The summed E-state index contributed by atoms with van der Waals surface area (Å²) in [7, 11) is 1.66. The lowest BCUT2D eigenvalue weighted by Crippen LogP contribution is -2.53. The van der Waals surface area contributed by atoms with Gasteiger partial charge in [-0.3, -0.25) is 0 Å². The average molecular weight is 245 g/mol. The molecule has 2 rings (SSSR count). The summed E-state index contributed by atoms with van der Waals surface area (Å²) in [4.78, 5) is 2.15. The quantitative estimate of drug-likeness (QED) is 0.863. The van der Waals surface area contributed by atoms with E-state index in [2.05, 4.69) is 17.0 Å². The normalized spacial score (nSPS) is 23.6. The minimum atomic E-state index is -0.743. The van der Waals surface area contributed by atoms with Gasteiger partial charge in [0.25, 0.3) is 0 Å². The molecule has 0 spiro atoms. The molecule has 2 N–H and O–H groups in total. The van der Waals surface area contributed by atoms with Crippen LogP contribution in [-0.2, 0) is 0 Å². The largest absolute Gasteiger partial charge is 0.495 e. The van der Waals surface area contributed by atoms with E-state index in [1.165, 1.54) is 5.56 Å². The van der Waals surface area contributed by atoms with Gasteiger partial charge in [0.05, 0.1) is 18.9 Å².